The maximum atomic E-state index is 9.34. The zero-order valence-corrected chi connectivity index (χ0v) is 9.19. The third-order valence-corrected chi connectivity index (χ3v) is 3.09. The number of aliphatic hydroxyl groups is 1. The first-order valence-corrected chi connectivity index (χ1v) is 5.52. The average Bonchev–Trinajstić information content (AvgIpc) is 2.26. The molecule has 0 aromatic rings. The van der Waals surface area contributed by atoms with Crippen LogP contribution in [0.1, 0.15) is 32.6 Å². The number of nitrogens with one attached hydrogen (secondary N) is 1. The average molecular weight is 215 g/mol. The summed E-state index contributed by atoms with van der Waals surface area (Å²) in [4.78, 5) is 0. The van der Waals surface area contributed by atoms with Crippen LogP contribution in [0.25, 0.3) is 0 Å². The van der Waals surface area contributed by atoms with Crippen LogP contribution in [0.4, 0.5) is 0 Å². The minimum atomic E-state index is -0.109. The van der Waals surface area contributed by atoms with Crippen molar-refractivity contribution in [3.63, 3.8) is 0 Å². The van der Waals surface area contributed by atoms with Gasteiger partial charge in [-0.15, -0.1) is 0 Å². The van der Waals surface area contributed by atoms with Crippen molar-refractivity contribution >= 4 is 5.84 Å². The molecule has 1 atom stereocenters. The van der Waals surface area contributed by atoms with Gasteiger partial charge in [-0.1, -0.05) is 5.16 Å². The molecule has 5 N–H and O–H groups in total. The van der Waals surface area contributed by atoms with Gasteiger partial charge in [0.1, 0.15) is 0 Å². The normalized spacial score (nSPS) is 30.1. The molecule has 1 rings (SSSR count). The fraction of sp³-hybridized carbons (Fsp3) is 0.900. The second kappa shape index (κ2) is 5.92. The molecule has 5 nitrogen and oxygen atoms in total. The van der Waals surface area contributed by atoms with E-state index >= 15 is 0 Å². The number of hydrogen-bond donors (Lipinski definition) is 4. The Hall–Kier alpha value is -0.810. The summed E-state index contributed by atoms with van der Waals surface area (Å²) in [6, 6.07) is -0.0955. The molecule has 0 aliphatic heterocycles. The Bertz CT molecular complexity index is 213. The van der Waals surface area contributed by atoms with E-state index in [-0.39, 0.29) is 18.0 Å². The molecule has 1 aliphatic rings. The Labute approximate surface area is 90.3 Å². The van der Waals surface area contributed by atoms with Crippen LogP contribution in [0, 0.1) is 5.92 Å². The van der Waals surface area contributed by atoms with Crippen molar-refractivity contribution in [1.82, 2.24) is 5.32 Å². The number of nitrogens with zero attached hydrogens (tertiary/aromatic N) is 1. The van der Waals surface area contributed by atoms with Crippen LogP contribution in [0.2, 0.25) is 0 Å². The summed E-state index contributed by atoms with van der Waals surface area (Å²) < 4.78 is 0. The van der Waals surface area contributed by atoms with E-state index in [1.165, 1.54) is 0 Å². The summed E-state index contributed by atoms with van der Waals surface area (Å²) >= 11 is 0. The molecule has 88 valence electrons. The zero-order valence-electron chi connectivity index (χ0n) is 9.19. The molecule has 1 fully saturated rings. The highest BCUT2D eigenvalue weighted by molar-refractivity contribution is 5.84. The molecule has 0 aromatic carbocycles. The molecule has 15 heavy (non-hydrogen) atoms. The van der Waals surface area contributed by atoms with E-state index in [2.05, 4.69) is 10.5 Å². The molecule has 0 bridgehead atoms. The smallest absolute Gasteiger partial charge is 0.156 e. The number of nitrogens with two attached hydrogens (primary N) is 1. The number of hydrogen-bond acceptors (Lipinski definition) is 4. The lowest BCUT2D eigenvalue weighted by Gasteiger charge is -2.26. The van der Waals surface area contributed by atoms with Crippen molar-refractivity contribution in [3.05, 3.63) is 0 Å². The summed E-state index contributed by atoms with van der Waals surface area (Å²) in [7, 11) is 0. The molecule has 0 saturated heterocycles. The second-order valence-corrected chi connectivity index (χ2v) is 4.33. The van der Waals surface area contributed by atoms with E-state index in [9.17, 15) is 5.11 Å². The molecular weight excluding hydrogens is 194 g/mol. The first-order chi connectivity index (χ1) is 7.13. The number of amidine groups is 1. The van der Waals surface area contributed by atoms with E-state index in [1.54, 1.807) is 0 Å². The Morgan fingerprint density at radius 2 is 2.07 bits per heavy atom. The van der Waals surface area contributed by atoms with Gasteiger partial charge in [0.05, 0.1) is 12.1 Å². The zero-order chi connectivity index (χ0) is 11.3. The van der Waals surface area contributed by atoms with Gasteiger partial charge in [0.15, 0.2) is 5.84 Å². The van der Waals surface area contributed by atoms with Crippen LogP contribution in [0.3, 0.4) is 0 Å². The highest BCUT2D eigenvalue weighted by Crippen LogP contribution is 2.23. The molecule has 1 unspecified atom stereocenters. The van der Waals surface area contributed by atoms with Crippen LogP contribution in [0.15, 0.2) is 5.16 Å². The van der Waals surface area contributed by atoms with E-state index in [1.807, 2.05) is 6.92 Å². The summed E-state index contributed by atoms with van der Waals surface area (Å²) in [6.45, 7) is 2.73. The van der Waals surface area contributed by atoms with E-state index < -0.39 is 0 Å². The molecule has 1 saturated carbocycles. The van der Waals surface area contributed by atoms with Crippen molar-refractivity contribution in [2.24, 2.45) is 16.8 Å². The topological polar surface area (TPSA) is 90.9 Å². The molecular formula is C10H21N3O2. The number of aliphatic hydroxyl groups excluding tert-OH is 1. The lowest BCUT2D eigenvalue weighted by molar-refractivity contribution is 0.108. The van der Waals surface area contributed by atoms with Gasteiger partial charge >= 0.3 is 0 Å². The Morgan fingerprint density at radius 1 is 1.47 bits per heavy atom. The Morgan fingerprint density at radius 3 is 2.60 bits per heavy atom. The minimum Gasteiger partial charge on any atom is -0.409 e. The van der Waals surface area contributed by atoms with E-state index in [4.69, 9.17) is 10.9 Å². The van der Waals surface area contributed by atoms with Crippen LogP contribution in [0.5, 0.6) is 0 Å². The van der Waals surface area contributed by atoms with Gasteiger partial charge in [0.25, 0.3) is 0 Å². The van der Waals surface area contributed by atoms with Gasteiger partial charge in [-0.2, -0.15) is 0 Å². The van der Waals surface area contributed by atoms with Crippen molar-refractivity contribution < 1.29 is 10.3 Å². The van der Waals surface area contributed by atoms with E-state index in [0.29, 0.717) is 5.92 Å². The summed E-state index contributed by atoms with van der Waals surface area (Å²) in [5, 5.41) is 24.0. The first-order valence-electron chi connectivity index (χ1n) is 5.52. The van der Waals surface area contributed by atoms with Gasteiger partial charge in [-0.3, -0.25) is 0 Å². The molecule has 1 aliphatic carbocycles. The summed E-state index contributed by atoms with van der Waals surface area (Å²) in [5.74, 6) is 0.813. The molecule has 0 radical (unpaired) electrons. The molecule has 0 amide bonds. The van der Waals surface area contributed by atoms with Crippen molar-refractivity contribution in [2.75, 3.05) is 6.54 Å². The monoisotopic (exact) mass is 215 g/mol. The third-order valence-electron chi connectivity index (χ3n) is 3.09. The predicted molar refractivity (Wildman–Crippen MR) is 58.8 cm³/mol. The van der Waals surface area contributed by atoms with Crippen LogP contribution < -0.4 is 11.1 Å². The van der Waals surface area contributed by atoms with Crippen LogP contribution in [-0.4, -0.2) is 34.8 Å². The molecule has 0 spiro atoms. The van der Waals surface area contributed by atoms with Gasteiger partial charge in [-0.05, 0) is 45.1 Å². The Balaban J connectivity index is 2.20. The maximum Gasteiger partial charge on any atom is 0.156 e. The maximum absolute atomic E-state index is 9.34. The van der Waals surface area contributed by atoms with Gasteiger partial charge in [-0.25, -0.2) is 0 Å². The lowest BCUT2D eigenvalue weighted by Crippen LogP contribution is -2.41. The molecule has 5 heteroatoms. The van der Waals surface area contributed by atoms with Gasteiger partial charge < -0.3 is 21.4 Å². The lowest BCUT2D eigenvalue weighted by atomic mass is 9.87. The van der Waals surface area contributed by atoms with Crippen molar-refractivity contribution in [3.8, 4) is 0 Å². The summed E-state index contributed by atoms with van der Waals surface area (Å²) in [5.41, 5.74) is 5.45. The fourth-order valence-corrected chi connectivity index (χ4v) is 1.88. The molecule has 0 aromatic heterocycles. The van der Waals surface area contributed by atoms with Crippen LogP contribution >= 0.6 is 0 Å². The largest absolute Gasteiger partial charge is 0.409 e. The van der Waals surface area contributed by atoms with Crippen molar-refractivity contribution in [1.29, 1.82) is 0 Å². The quantitative estimate of drug-likeness (QED) is 0.234. The predicted octanol–water partition coefficient (Wildman–Crippen LogP) is 0.262. The van der Waals surface area contributed by atoms with Gasteiger partial charge in [0.2, 0.25) is 0 Å². The highest BCUT2D eigenvalue weighted by atomic mass is 16.4. The number of rotatable bonds is 4. The van der Waals surface area contributed by atoms with Gasteiger partial charge in [0, 0.05) is 0 Å². The number of oxime groups is 1. The standard InChI is InChI=1S/C10H21N3O2/c1-7(10(11)13-15)12-6-8-2-4-9(14)5-3-8/h7-9,12,14-15H,2-6H2,1H3,(H2,11,13). The summed E-state index contributed by atoms with van der Waals surface area (Å²) in [6.07, 6.45) is 3.78. The van der Waals surface area contributed by atoms with Crippen molar-refractivity contribution in [2.45, 2.75) is 44.8 Å². The Kier molecular flexibility index (Phi) is 4.84. The second-order valence-electron chi connectivity index (χ2n) is 4.33. The fourth-order valence-electron chi connectivity index (χ4n) is 1.88. The first kappa shape index (κ1) is 12.3. The third kappa shape index (κ3) is 4.05. The SMILES string of the molecule is CC(NCC1CCC(O)CC1)C(N)=NO. The minimum absolute atomic E-state index is 0.0955. The van der Waals surface area contributed by atoms with E-state index in [0.717, 1.165) is 32.2 Å². The van der Waals surface area contributed by atoms with Crippen LogP contribution in [-0.2, 0) is 0 Å². The molecule has 0 heterocycles. The highest BCUT2D eigenvalue weighted by Gasteiger charge is 2.19.